The molecule has 0 saturated heterocycles. The fourth-order valence-electron chi connectivity index (χ4n) is 1.77. The van der Waals surface area contributed by atoms with Crippen LogP contribution in [0, 0.1) is 11.6 Å². The molecule has 0 aliphatic heterocycles. The van der Waals surface area contributed by atoms with Crippen LogP contribution in [0.4, 0.5) is 8.78 Å². The van der Waals surface area contributed by atoms with Crippen LogP contribution in [0.25, 0.3) is 0 Å². The van der Waals surface area contributed by atoms with E-state index in [1.54, 1.807) is 6.07 Å². The molecule has 2 N–H and O–H groups in total. The van der Waals surface area contributed by atoms with Crippen LogP contribution in [-0.2, 0) is 6.61 Å². The summed E-state index contributed by atoms with van der Waals surface area (Å²) in [6.45, 7) is -0.239. The van der Waals surface area contributed by atoms with E-state index in [2.05, 4.69) is 0 Å². The van der Waals surface area contributed by atoms with Gasteiger partial charge in [-0.2, -0.15) is 0 Å². The van der Waals surface area contributed by atoms with E-state index >= 15 is 0 Å². The molecule has 0 aliphatic rings. The third-order valence-electron chi connectivity index (χ3n) is 2.87. The average Bonchev–Trinajstić information content (AvgIpc) is 2.48. The maximum atomic E-state index is 13.5. The second kappa shape index (κ2) is 6.21. The van der Waals surface area contributed by atoms with Crippen LogP contribution in [0.1, 0.15) is 15.9 Å². The van der Waals surface area contributed by atoms with E-state index in [-0.39, 0.29) is 23.5 Å². The van der Waals surface area contributed by atoms with Gasteiger partial charge in [-0.05, 0) is 18.2 Å². The Morgan fingerprint density at radius 2 is 2.00 bits per heavy atom. The predicted molar refractivity (Wildman–Crippen MR) is 72.2 cm³/mol. The van der Waals surface area contributed by atoms with Gasteiger partial charge < -0.3 is 15.2 Å². The number of hydrogen-bond donors (Lipinski definition) is 1. The zero-order valence-electron chi connectivity index (χ0n) is 11.2. The summed E-state index contributed by atoms with van der Waals surface area (Å²) in [5.74, 6) is -2.04. The summed E-state index contributed by atoms with van der Waals surface area (Å²) in [7, 11) is 1.45. The van der Waals surface area contributed by atoms with Crippen LogP contribution in [0.2, 0.25) is 0 Å². The second-order valence-corrected chi connectivity index (χ2v) is 4.23. The minimum Gasteiger partial charge on any atom is -0.497 e. The van der Waals surface area contributed by atoms with Crippen molar-refractivity contribution in [3.8, 4) is 11.5 Å². The van der Waals surface area contributed by atoms with Gasteiger partial charge in [-0.1, -0.05) is 12.1 Å². The summed E-state index contributed by atoms with van der Waals surface area (Å²) >= 11 is 0. The van der Waals surface area contributed by atoms with Gasteiger partial charge in [0, 0.05) is 11.6 Å². The van der Waals surface area contributed by atoms with Crippen molar-refractivity contribution in [3.05, 3.63) is 59.2 Å². The Kier molecular flexibility index (Phi) is 4.37. The fourth-order valence-corrected chi connectivity index (χ4v) is 1.77. The molecule has 6 heteroatoms. The number of carbonyl (C=O) groups is 1. The Bertz CT molecular complexity index is 674. The normalized spacial score (nSPS) is 10.2. The van der Waals surface area contributed by atoms with Gasteiger partial charge in [-0.15, -0.1) is 0 Å². The molecular weight excluding hydrogens is 280 g/mol. The molecule has 0 fully saturated rings. The Balaban J connectivity index is 2.26. The number of rotatable bonds is 5. The van der Waals surface area contributed by atoms with Gasteiger partial charge in [-0.25, -0.2) is 8.78 Å². The summed E-state index contributed by atoms with van der Waals surface area (Å²) in [5.41, 5.74) is 5.40. The van der Waals surface area contributed by atoms with Gasteiger partial charge in [0.05, 0.1) is 12.7 Å². The van der Waals surface area contributed by atoms with E-state index in [9.17, 15) is 13.6 Å². The molecule has 0 aliphatic carbocycles. The monoisotopic (exact) mass is 293 g/mol. The molecule has 0 aromatic heterocycles. The van der Waals surface area contributed by atoms with Crippen LogP contribution < -0.4 is 15.2 Å². The van der Waals surface area contributed by atoms with Crippen molar-refractivity contribution in [2.45, 2.75) is 6.61 Å². The van der Waals surface area contributed by atoms with Crippen LogP contribution in [-0.4, -0.2) is 13.0 Å². The van der Waals surface area contributed by atoms with Gasteiger partial charge >= 0.3 is 0 Å². The van der Waals surface area contributed by atoms with Crippen molar-refractivity contribution in [2.24, 2.45) is 5.73 Å². The quantitative estimate of drug-likeness (QED) is 0.922. The summed E-state index contributed by atoms with van der Waals surface area (Å²) in [4.78, 5) is 11.3. The predicted octanol–water partition coefficient (Wildman–Crippen LogP) is 2.65. The lowest BCUT2D eigenvalue weighted by Gasteiger charge is -2.12. The van der Waals surface area contributed by atoms with Gasteiger partial charge in [0.2, 0.25) is 0 Å². The highest BCUT2D eigenvalue weighted by atomic mass is 19.2. The minimum atomic E-state index is -0.985. The number of hydrogen-bond acceptors (Lipinski definition) is 3. The first-order valence-electron chi connectivity index (χ1n) is 6.06. The van der Waals surface area contributed by atoms with E-state index in [1.165, 1.54) is 31.4 Å². The molecular formula is C15H13F2NO3. The zero-order chi connectivity index (χ0) is 15.4. The highest BCUT2D eigenvalue weighted by Crippen LogP contribution is 2.26. The van der Waals surface area contributed by atoms with Crippen molar-refractivity contribution in [2.75, 3.05) is 7.11 Å². The first-order valence-corrected chi connectivity index (χ1v) is 6.06. The summed E-state index contributed by atoms with van der Waals surface area (Å²) < 4.78 is 37.0. The topological polar surface area (TPSA) is 61.5 Å². The molecule has 0 atom stereocenters. The molecule has 2 aromatic rings. The molecule has 2 aromatic carbocycles. The smallest absolute Gasteiger partial charge is 0.252 e. The fraction of sp³-hybridized carbons (Fsp3) is 0.133. The number of benzene rings is 2. The SMILES string of the molecule is COc1ccc(C(N)=O)c(OCc2cccc(F)c2F)c1. The molecule has 2 rings (SSSR count). The third-order valence-corrected chi connectivity index (χ3v) is 2.87. The van der Waals surface area contributed by atoms with Crippen molar-refractivity contribution in [1.82, 2.24) is 0 Å². The minimum absolute atomic E-state index is 0.0354. The Labute approximate surface area is 120 Å². The van der Waals surface area contributed by atoms with Crippen LogP contribution in [0.15, 0.2) is 36.4 Å². The number of carbonyl (C=O) groups excluding carboxylic acids is 1. The molecule has 0 unspecified atom stereocenters. The number of primary amides is 1. The van der Waals surface area contributed by atoms with Crippen molar-refractivity contribution in [1.29, 1.82) is 0 Å². The lowest BCUT2D eigenvalue weighted by molar-refractivity contribution is 0.0996. The molecule has 0 bridgehead atoms. The molecule has 110 valence electrons. The molecule has 1 amide bonds. The standard InChI is InChI=1S/C15H13F2NO3/c1-20-10-5-6-11(15(18)19)13(7-10)21-8-9-3-2-4-12(16)14(9)17/h2-7H,8H2,1H3,(H2,18,19). The van der Waals surface area contributed by atoms with Crippen LogP contribution >= 0.6 is 0 Å². The van der Waals surface area contributed by atoms with E-state index in [0.717, 1.165) is 6.07 Å². The first kappa shape index (κ1) is 14.8. The molecule has 0 spiro atoms. The van der Waals surface area contributed by atoms with E-state index in [0.29, 0.717) is 5.75 Å². The van der Waals surface area contributed by atoms with Crippen molar-refractivity contribution >= 4 is 5.91 Å². The average molecular weight is 293 g/mol. The van der Waals surface area contributed by atoms with E-state index in [4.69, 9.17) is 15.2 Å². The number of nitrogens with two attached hydrogens (primary N) is 1. The van der Waals surface area contributed by atoms with Crippen molar-refractivity contribution in [3.63, 3.8) is 0 Å². The molecule has 21 heavy (non-hydrogen) atoms. The number of methoxy groups -OCH3 is 1. The van der Waals surface area contributed by atoms with E-state index in [1.807, 2.05) is 0 Å². The van der Waals surface area contributed by atoms with Gasteiger partial charge in [0.15, 0.2) is 11.6 Å². The van der Waals surface area contributed by atoms with Crippen LogP contribution in [0.5, 0.6) is 11.5 Å². The Hall–Kier alpha value is -2.63. The second-order valence-electron chi connectivity index (χ2n) is 4.23. The first-order chi connectivity index (χ1) is 10.0. The highest BCUT2D eigenvalue weighted by molar-refractivity contribution is 5.95. The van der Waals surface area contributed by atoms with Gasteiger partial charge in [-0.3, -0.25) is 4.79 Å². The van der Waals surface area contributed by atoms with Gasteiger partial charge in [0.1, 0.15) is 18.1 Å². The summed E-state index contributed by atoms with van der Waals surface area (Å²) in [6.07, 6.45) is 0. The molecule has 0 saturated carbocycles. The Morgan fingerprint density at radius 1 is 1.24 bits per heavy atom. The zero-order valence-corrected chi connectivity index (χ0v) is 11.2. The molecule has 0 heterocycles. The lowest BCUT2D eigenvalue weighted by Crippen LogP contribution is -2.13. The largest absolute Gasteiger partial charge is 0.497 e. The lowest BCUT2D eigenvalue weighted by atomic mass is 10.1. The number of amides is 1. The third kappa shape index (κ3) is 3.28. The Morgan fingerprint density at radius 3 is 2.67 bits per heavy atom. The maximum Gasteiger partial charge on any atom is 0.252 e. The van der Waals surface area contributed by atoms with Crippen LogP contribution in [0.3, 0.4) is 0 Å². The van der Waals surface area contributed by atoms with Crippen molar-refractivity contribution < 1.29 is 23.0 Å². The number of halogens is 2. The van der Waals surface area contributed by atoms with Gasteiger partial charge in [0.25, 0.3) is 5.91 Å². The maximum absolute atomic E-state index is 13.5. The number of ether oxygens (including phenoxy) is 2. The summed E-state index contributed by atoms with van der Waals surface area (Å²) in [5, 5.41) is 0. The van der Waals surface area contributed by atoms with E-state index < -0.39 is 17.5 Å². The molecule has 0 radical (unpaired) electrons. The molecule has 4 nitrogen and oxygen atoms in total. The highest BCUT2D eigenvalue weighted by Gasteiger charge is 2.13. The summed E-state index contributed by atoms with van der Waals surface area (Å²) in [6, 6.07) is 8.23.